The van der Waals surface area contributed by atoms with E-state index in [9.17, 15) is 4.79 Å². The van der Waals surface area contributed by atoms with Gasteiger partial charge in [-0.2, -0.15) is 11.8 Å². The van der Waals surface area contributed by atoms with Gasteiger partial charge < -0.3 is 10.2 Å². The Morgan fingerprint density at radius 1 is 1.31 bits per heavy atom. The molecule has 0 spiro atoms. The molecule has 3 nitrogen and oxygen atoms in total. The molecule has 1 amide bonds. The zero-order valence-electron chi connectivity index (χ0n) is 8.88. The van der Waals surface area contributed by atoms with Crippen LogP contribution in [0.3, 0.4) is 0 Å². The smallest absolute Gasteiger partial charge is 0.218 e. The van der Waals surface area contributed by atoms with Gasteiger partial charge in [-0.1, -0.05) is 0 Å². The minimum Gasteiger partial charge on any atom is -0.370 e. The molecule has 13 heavy (non-hydrogen) atoms. The Bertz CT molecular complexity index is 154. The average molecular weight is 205 g/mol. The fourth-order valence-corrected chi connectivity index (χ4v) is 1.80. The summed E-state index contributed by atoms with van der Waals surface area (Å²) in [4.78, 5) is 10.4. The van der Waals surface area contributed by atoms with Crippen molar-refractivity contribution in [1.29, 1.82) is 0 Å². The number of carbonyl (C=O) groups is 1. The largest absolute Gasteiger partial charge is 0.370 e. The maximum absolute atomic E-state index is 10.4. The lowest BCUT2D eigenvalue weighted by Crippen LogP contribution is -2.35. The lowest BCUT2D eigenvalue weighted by molar-refractivity contribution is -0.870. The van der Waals surface area contributed by atoms with E-state index in [0.717, 1.165) is 16.0 Å². The first-order valence-electron chi connectivity index (χ1n) is 4.58. The van der Waals surface area contributed by atoms with Crippen LogP contribution in [0.4, 0.5) is 0 Å². The summed E-state index contributed by atoms with van der Waals surface area (Å²) in [5, 5.41) is 0. The highest BCUT2D eigenvalue weighted by Gasteiger charge is 2.05. The van der Waals surface area contributed by atoms with E-state index < -0.39 is 0 Å². The Morgan fingerprint density at radius 3 is 2.38 bits per heavy atom. The highest BCUT2D eigenvalue weighted by molar-refractivity contribution is 7.99. The van der Waals surface area contributed by atoms with Gasteiger partial charge in [0, 0.05) is 18.6 Å². The maximum atomic E-state index is 10.4. The summed E-state index contributed by atoms with van der Waals surface area (Å²) in [6.45, 7) is 1.18. The van der Waals surface area contributed by atoms with Crippen LogP contribution in [0.25, 0.3) is 0 Å². The fourth-order valence-electron chi connectivity index (χ4n) is 0.916. The monoisotopic (exact) mass is 205 g/mol. The van der Waals surface area contributed by atoms with Crippen molar-refractivity contribution in [2.24, 2.45) is 5.73 Å². The first kappa shape index (κ1) is 12.8. The molecule has 0 rings (SSSR count). The summed E-state index contributed by atoms with van der Waals surface area (Å²) in [6.07, 6.45) is 1.71. The molecule has 0 radical (unpaired) electrons. The first-order valence-corrected chi connectivity index (χ1v) is 5.74. The van der Waals surface area contributed by atoms with Crippen molar-refractivity contribution in [1.82, 2.24) is 0 Å². The van der Waals surface area contributed by atoms with Gasteiger partial charge in [0.1, 0.15) is 0 Å². The Morgan fingerprint density at radius 2 is 1.92 bits per heavy atom. The third kappa shape index (κ3) is 11.8. The molecule has 0 heterocycles. The third-order valence-corrected chi connectivity index (χ3v) is 2.68. The third-order valence-electron chi connectivity index (χ3n) is 1.61. The molecule has 0 aliphatic rings. The Hall–Kier alpha value is -0.220. The standard InChI is InChI=1S/C9H20N2OS/c1-11(2,3)6-4-7-13-8-5-9(10)12/h4-8H2,1-3H3,(H-,10,12)/p+1. The van der Waals surface area contributed by atoms with Gasteiger partial charge in [0.2, 0.25) is 5.91 Å². The second-order valence-corrected chi connectivity index (χ2v) is 5.42. The fraction of sp³-hybridized carbons (Fsp3) is 0.889. The summed E-state index contributed by atoms with van der Waals surface area (Å²) in [5.74, 6) is 1.80. The van der Waals surface area contributed by atoms with Crippen LogP contribution in [0.1, 0.15) is 12.8 Å². The number of hydrogen-bond donors (Lipinski definition) is 1. The number of nitrogens with zero attached hydrogens (tertiary/aromatic N) is 1. The number of quaternary nitrogens is 1. The molecule has 0 saturated heterocycles. The molecule has 0 aromatic rings. The molecular formula is C9H21N2OS+. The molecule has 0 aromatic carbocycles. The van der Waals surface area contributed by atoms with Crippen molar-refractivity contribution in [3.8, 4) is 0 Å². The van der Waals surface area contributed by atoms with Crippen LogP contribution in [0.2, 0.25) is 0 Å². The van der Waals surface area contributed by atoms with E-state index in [1.165, 1.54) is 13.0 Å². The number of thioether (sulfide) groups is 1. The van der Waals surface area contributed by atoms with Crippen molar-refractivity contribution in [3.63, 3.8) is 0 Å². The molecule has 0 aliphatic heterocycles. The molecule has 0 aliphatic carbocycles. The number of carbonyl (C=O) groups excluding carboxylic acids is 1. The Balaban J connectivity index is 3.13. The minimum absolute atomic E-state index is 0.195. The van der Waals surface area contributed by atoms with Crippen LogP contribution in [-0.4, -0.2) is 49.6 Å². The molecule has 0 atom stereocenters. The molecule has 0 saturated carbocycles. The van der Waals surface area contributed by atoms with Crippen LogP contribution in [0.5, 0.6) is 0 Å². The van der Waals surface area contributed by atoms with Crippen LogP contribution < -0.4 is 5.73 Å². The van der Waals surface area contributed by atoms with Crippen molar-refractivity contribution in [2.45, 2.75) is 12.8 Å². The summed E-state index contributed by atoms with van der Waals surface area (Å²) < 4.78 is 1.01. The van der Waals surface area contributed by atoms with E-state index in [1.54, 1.807) is 0 Å². The number of hydrogen-bond acceptors (Lipinski definition) is 2. The zero-order chi connectivity index (χ0) is 10.3. The molecule has 4 heteroatoms. The predicted octanol–water partition coefficient (Wildman–Crippen LogP) is 0.691. The molecule has 2 N–H and O–H groups in total. The lowest BCUT2D eigenvalue weighted by atomic mass is 10.4. The lowest BCUT2D eigenvalue weighted by Gasteiger charge is -2.23. The quantitative estimate of drug-likeness (QED) is 0.491. The molecule has 0 fully saturated rings. The van der Waals surface area contributed by atoms with E-state index in [4.69, 9.17) is 5.73 Å². The van der Waals surface area contributed by atoms with E-state index in [0.29, 0.717) is 6.42 Å². The normalized spacial score (nSPS) is 11.6. The van der Waals surface area contributed by atoms with Gasteiger partial charge in [-0.15, -0.1) is 0 Å². The Labute approximate surface area is 85.3 Å². The van der Waals surface area contributed by atoms with E-state index in [-0.39, 0.29) is 5.91 Å². The van der Waals surface area contributed by atoms with Gasteiger partial charge in [0.25, 0.3) is 0 Å². The van der Waals surface area contributed by atoms with Crippen LogP contribution in [-0.2, 0) is 4.79 Å². The summed E-state index contributed by atoms with van der Waals surface area (Å²) in [7, 11) is 6.57. The highest BCUT2D eigenvalue weighted by Crippen LogP contribution is 2.05. The number of rotatable bonds is 7. The van der Waals surface area contributed by atoms with Gasteiger partial charge in [-0.05, 0) is 5.75 Å². The van der Waals surface area contributed by atoms with Crippen LogP contribution in [0.15, 0.2) is 0 Å². The molecule has 0 aromatic heterocycles. The van der Waals surface area contributed by atoms with Crippen LogP contribution in [0, 0.1) is 0 Å². The summed E-state index contributed by atoms with van der Waals surface area (Å²) in [6, 6.07) is 0. The topological polar surface area (TPSA) is 43.1 Å². The SMILES string of the molecule is C[N+](C)(C)CCCSCCC(N)=O. The molecule has 0 unspecified atom stereocenters. The highest BCUT2D eigenvalue weighted by atomic mass is 32.2. The average Bonchev–Trinajstić information content (AvgIpc) is 1.93. The second kappa shape index (κ2) is 6.27. The van der Waals surface area contributed by atoms with Gasteiger partial charge in [-0.3, -0.25) is 4.79 Å². The molecule has 0 bridgehead atoms. The van der Waals surface area contributed by atoms with Gasteiger partial charge >= 0.3 is 0 Å². The van der Waals surface area contributed by atoms with Crippen molar-refractivity contribution in [2.75, 3.05) is 39.2 Å². The number of primary amides is 1. The minimum atomic E-state index is -0.195. The van der Waals surface area contributed by atoms with Crippen molar-refractivity contribution >= 4 is 17.7 Å². The van der Waals surface area contributed by atoms with Gasteiger partial charge in [-0.25, -0.2) is 0 Å². The van der Waals surface area contributed by atoms with E-state index in [1.807, 2.05) is 11.8 Å². The summed E-state index contributed by atoms with van der Waals surface area (Å²) >= 11 is 1.81. The van der Waals surface area contributed by atoms with Crippen molar-refractivity contribution < 1.29 is 9.28 Å². The van der Waals surface area contributed by atoms with Crippen LogP contribution >= 0.6 is 11.8 Å². The maximum Gasteiger partial charge on any atom is 0.218 e. The number of nitrogens with two attached hydrogens (primary N) is 1. The van der Waals surface area contributed by atoms with E-state index in [2.05, 4.69) is 21.1 Å². The first-order chi connectivity index (χ1) is 5.92. The molecular weight excluding hydrogens is 184 g/mol. The van der Waals surface area contributed by atoms with Gasteiger partial charge in [0.15, 0.2) is 0 Å². The number of amides is 1. The summed E-state index contributed by atoms with van der Waals surface area (Å²) in [5.41, 5.74) is 5.02. The van der Waals surface area contributed by atoms with Gasteiger partial charge in [0.05, 0.1) is 27.7 Å². The molecule has 78 valence electrons. The second-order valence-electron chi connectivity index (χ2n) is 4.20. The zero-order valence-corrected chi connectivity index (χ0v) is 9.69. The Kier molecular flexibility index (Phi) is 6.16. The van der Waals surface area contributed by atoms with E-state index >= 15 is 0 Å². The predicted molar refractivity (Wildman–Crippen MR) is 58.7 cm³/mol. The van der Waals surface area contributed by atoms with Crippen molar-refractivity contribution in [3.05, 3.63) is 0 Å².